The van der Waals surface area contributed by atoms with Crippen LogP contribution in [0.4, 0.5) is 4.79 Å². The molecular weight excluding hydrogens is 510 g/mol. The van der Waals surface area contributed by atoms with Gasteiger partial charge in [0.1, 0.15) is 17.0 Å². The van der Waals surface area contributed by atoms with Crippen molar-refractivity contribution < 1.29 is 18.8 Å². The standard InChI is InChI=1S/C31H39N3O4S/c1-21(2)28-32-27(38-33-28)20-39-19-22-6-8-23(9-7-22)24-10-11-26-25(18-24)12-13-31(36-26)14-16-34(17-15-31)29(35)37-30(3,4)5/h6-11,18,21H,12-17,19-20H2,1-5H3. The van der Waals surface area contributed by atoms with Gasteiger partial charge in [0.15, 0.2) is 5.82 Å². The summed E-state index contributed by atoms with van der Waals surface area (Å²) in [4.78, 5) is 18.7. The van der Waals surface area contributed by atoms with Crippen LogP contribution in [0, 0.1) is 0 Å². The Balaban J connectivity index is 1.15. The quantitative estimate of drug-likeness (QED) is 0.317. The number of thioether (sulfide) groups is 1. The summed E-state index contributed by atoms with van der Waals surface area (Å²) < 4.78 is 17.5. The van der Waals surface area contributed by atoms with Crippen LogP contribution in [0.15, 0.2) is 47.0 Å². The van der Waals surface area contributed by atoms with Gasteiger partial charge >= 0.3 is 6.09 Å². The first-order valence-electron chi connectivity index (χ1n) is 13.9. The minimum absolute atomic E-state index is 0.191. The molecule has 1 saturated heterocycles. The summed E-state index contributed by atoms with van der Waals surface area (Å²) in [5.41, 5.74) is 4.28. The lowest BCUT2D eigenvalue weighted by Gasteiger charge is -2.44. The van der Waals surface area contributed by atoms with E-state index >= 15 is 0 Å². The van der Waals surface area contributed by atoms with Crippen molar-refractivity contribution >= 4 is 17.9 Å². The van der Waals surface area contributed by atoms with E-state index in [1.165, 1.54) is 22.3 Å². The number of likely N-dealkylation sites (tertiary alicyclic amines) is 1. The van der Waals surface area contributed by atoms with E-state index in [-0.39, 0.29) is 17.6 Å². The van der Waals surface area contributed by atoms with Gasteiger partial charge in [-0.05, 0) is 68.0 Å². The summed E-state index contributed by atoms with van der Waals surface area (Å²) in [6, 6.07) is 15.3. The average molecular weight is 550 g/mol. The highest BCUT2D eigenvalue weighted by molar-refractivity contribution is 7.97. The fraction of sp³-hybridized carbons (Fsp3) is 0.516. The van der Waals surface area contributed by atoms with Gasteiger partial charge < -0.3 is 18.9 Å². The fourth-order valence-electron chi connectivity index (χ4n) is 5.09. The van der Waals surface area contributed by atoms with Crippen LogP contribution in [-0.2, 0) is 22.7 Å². The first-order valence-corrected chi connectivity index (χ1v) is 15.0. The normalized spacial score (nSPS) is 16.7. The second-order valence-electron chi connectivity index (χ2n) is 12.0. The summed E-state index contributed by atoms with van der Waals surface area (Å²) in [7, 11) is 0. The molecule has 3 heterocycles. The number of carbonyl (C=O) groups excluding carboxylic acids is 1. The van der Waals surface area contributed by atoms with E-state index in [4.69, 9.17) is 14.0 Å². The topological polar surface area (TPSA) is 77.7 Å². The van der Waals surface area contributed by atoms with Gasteiger partial charge in [-0.1, -0.05) is 49.3 Å². The van der Waals surface area contributed by atoms with E-state index < -0.39 is 5.60 Å². The molecule has 208 valence electrons. The zero-order chi connectivity index (χ0) is 27.6. The van der Waals surface area contributed by atoms with Gasteiger partial charge in [0.05, 0.1) is 5.75 Å². The van der Waals surface area contributed by atoms with E-state index in [9.17, 15) is 4.79 Å². The highest BCUT2D eigenvalue weighted by Crippen LogP contribution is 2.41. The minimum Gasteiger partial charge on any atom is -0.487 e. The highest BCUT2D eigenvalue weighted by atomic mass is 32.2. The fourth-order valence-corrected chi connectivity index (χ4v) is 5.91. The maximum absolute atomic E-state index is 12.5. The number of amides is 1. The maximum atomic E-state index is 12.5. The van der Waals surface area contributed by atoms with Gasteiger partial charge in [-0.25, -0.2) is 4.79 Å². The second-order valence-corrected chi connectivity index (χ2v) is 13.0. The molecule has 0 unspecified atom stereocenters. The molecule has 2 aliphatic rings. The molecule has 8 heteroatoms. The van der Waals surface area contributed by atoms with Crippen molar-refractivity contribution in [1.29, 1.82) is 0 Å². The van der Waals surface area contributed by atoms with Gasteiger partial charge in [-0.2, -0.15) is 4.98 Å². The second kappa shape index (κ2) is 11.2. The van der Waals surface area contributed by atoms with E-state index in [1.54, 1.807) is 11.8 Å². The first kappa shape index (κ1) is 27.6. The van der Waals surface area contributed by atoms with E-state index in [0.29, 0.717) is 24.7 Å². The third kappa shape index (κ3) is 6.78. The Morgan fingerprint density at radius 1 is 1.05 bits per heavy atom. The SMILES string of the molecule is CC(C)c1noc(CSCc2ccc(-c3ccc4c(c3)CCC3(CCN(C(=O)OC(C)(C)C)CC3)O4)cc2)n1. The molecule has 7 nitrogen and oxygen atoms in total. The van der Waals surface area contributed by atoms with E-state index in [0.717, 1.165) is 43.0 Å². The molecule has 0 atom stereocenters. The summed E-state index contributed by atoms with van der Waals surface area (Å²) in [5, 5.41) is 4.03. The zero-order valence-corrected chi connectivity index (χ0v) is 24.5. The third-order valence-electron chi connectivity index (χ3n) is 7.35. The van der Waals surface area contributed by atoms with Crippen molar-refractivity contribution in [1.82, 2.24) is 15.0 Å². The molecule has 0 radical (unpaired) electrons. The number of aromatic nitrogens is 2. The Bertz CT molecular complexity index is 1290. The van der Waals surface area contributed by atoms with Gasteiger partial charge in [0.2, 0.25) is 5.89 Å². The Morgan fingerprint density at radius 3 is 2.44 bits per heavy atom. The first-order chi connectivity index (χ1) is 18.6. The van der Waals surface area contributed by atoms with Crippen LogP contribution < -0.4 is 4.74 Å². The van der Waals surface area contributed by atoms with Crippen molar-refractivity contribution in [3.8, 4) is 16.9 Å². The van der Waals surface area contributed by atoms with Crippen LogP contribution >= 0.6 is 11.8 Å². The zero-order valence-electron chi connectivity index (χ0n) is 23.7. The number of rotatable bonds is 6. The molecule has 1 aromatic heterocycles. The molecule has 5 rings (SSSR count). The third-order valence-corrected chi connectivity index (χ3v) is 8.33. The Hall–Kier alpha value is -3.00. The number of piperidine rings is 1. The predicted octanol–water partition coefficient (Wildman–Crippen LogP) is 7.39. The monoisotopic (exact) mass is 549 g/mol. The van der Waals surface area contributed by atoms with Gasteiger partial charge in [0, 0.05) is 37.6 Å². The lowest BCUT2D eigenvalue weighted by atomic mass is 9.82. The molecule has 1 amide bonds. The summed E-state index contributed by atoms with van der Waals surface area (Å²) >= 11 is 1.78. The molecule has 39 heavy (non-hydrogen) atoms. The van der Waals surface area contributed by atoms with Crippen LogP contribution in [0.1, 0.15) is 82.6 Å². The van der Waals surface area contributed by atoms with Gasteiger partial charge in [-0.15, -0.1) is 11.8 Å². The Kier molecular flexibility index (Phi) is 7.94. The van der Waals surface area contributed by atoms with Crippen molar-refractivity contribution in [2.75, 3.05) is 13.1 Å². The van der Waals surface area contributed by atoms with Crippen LogP contribution in [0.5, 0.6) is 5.75 Å². The number of nitrogens with zero attached hydrogens (tertiary/aromatic N) is 3. The van der Waals surface area contributed by atoms with Gasteiger partial charge in [0.25, 0.3) is 0 Å². The number of benzene rings is 2. The van der Waals surface area contributed by atoms with Crippen molar-refractivity contribution in [2.24, 2.45) is 0 Å². The molecule has 0 bridgehead atoms. The van der Waals surface area contributed by atoms with Crippen LogP contribution in [0.3, 0.4) is 0 Å². The highest BCUT2D eigenvalue weighted by Gasteiger charge is 2.41. The Morgan fingerprint density at radius 2 is 1.77 bits per heavy atom. The molecule has 1 spiro atoms. The molecule has 1 fully saturated rings. The Labute approximate surface area is 235 Å². The number of aryl methyl sites for hydroxylation is 1. The van der Waals surface area contributed by atoms with Crippen LogP contribution in [0.25, 0.3) is 11.1 Å². The number of hydrogen-bond donors (Lipinski definition) is 0. The maximum Gasteiger partial charge on any atom is 0.410 e. The molecule has 3 aromatic rings. The number of ether oxygens (including phenoxy) is 2. The van der Waals surface area contributed by atoms with Crippen LogP contribution in [0.2, 0.25) is 0 Å². The van der Waals surface area contributed by atoms with Crippen molar-refractivity contribution in [3.05, 3.63) is 65.3 Å². The number of hydrogen-bond acceptors (Lipinski definition) is 7. The molecule has 0 N–H and O–H groups in total. The molecule has 0 saturated carbocycles. The van der Waals surface area contributed by atoms with Crippen LogP contribution in [-0.4, -0.2) is 45.4 Å². The predicted molar refractivity (Wildman–Crippen MR) is 154 cm³/mol. The van der Waals surface area contributed by atoms with E-state index in [1.807, 2.05) is 25.7 Å². The lowest BCUT2D eigenvalue weighted by Crippen LogP contribution is -2.52. The largest absolute Gasteiger partial charge is 0.487 e. The minimum atomic E-state index is -0.475. The molecule has 2 aliphatic heterocycles. The summed E-state index contributed by atoms with van der Waals surface area (Å²) in [6.45, 7) is 11.2. The number of fused-ring (bicyclic) bond motifs is 1. The average Bonchev–Trinajstić information content (AvgIpc) is 3.38. The number of carbonyl (C=O) groups is 1. The van der Waals surface area contributed by atoms with Crippen molar-refractivity contribution in [2.45, 2.75) is 88.9 Å². The van der Waals surface area contributed by atoms with Gasteiger partial charge in [-0.3, -0.25) is 0 Å². The summed E-state index contributed by atoms with van der Waals surface area (Å²) in [6.07, 6.45) is 3.39. The lowest BCUT2D eigenvalue weighted by molar-refractivity contribution is -0.0272. The van der Waals surface area contributed by atoms with E-state index in [2.05, 4.69) is 66.5 Å². The molecular formula is C31H39N3O4S. The molecule has 2 aromatic carbocycles. The summed E-state index contributed by atoms with van der Waals surface area (Å²) in [5.74, 6) is 4.32. The van der Waals surface area contributed by atoms with Crippen molar-refractivity contribution in [3.63, 3.8) is 0 Å². The molecule has 0 aliphatic carbocycles. The smallest absolute Gasteiger partial charge is 0.410 e.